The second-order valence-corrected chi connectivity index (χ2v) is 7.47. The van der Waals surface area contributed by atoms with E-state index in [9.17, 15) is 4.79 Å². The van der Waals surface area contributed by atoms with Gasteiger partial charge in [0.05, 0.1) is 12.2 Å². The van der Waals surface area contributed by atoms with Crippen LogP contribution in [0, 0.1) is 6.92 Å². The van der Waals surface area contributed by atoms with Crippen molar-refractivity contribution in [2.24, 2.45) is 4.99 Å². The Morgan fingerprint density at radius 3 is 2.77 bits per heavy atom. The molecule has 2 aromatic heterocycles. The van der Waals surface area contributed by atoms with Crippen molar-refractivity contribution in [1.82, 2.24) is 14.7 Å². The highest BCUT2D eigenvalue weighted by molar-refractivity contribution is 6.30. The fourth-order valence-electron chi connectivity index (χ4n) is 3.41. The molecule has 0 bridgehead atoms. The van der Waals surface area contributed by atoms with E-state index in [1.165, 1.54) is 0 Å². The first-order valence-corrected chi connectivity index (χ1v) is 9.96. The van der Waals surface area contributed by atoms with Gasteiger partial charge in [-0.05, 0) is 53.9 Å². The molecule has 1 N–H and O–H groups in total. The summed E-state index contributed by atoms with van der Waals surface area (Å²) in [7, 11) is 1.70. The number of aliphatic imine (C=N–C) groups is 1. The lowest BCUT2D eigenvalue weighted by Crippen LogP contribution is -2.24. The third-order valence-electron chi connectivity index (χ3n) is 4.92. The normalized spacial score (nSPS) is 11.3. The van der Waals surface area contributed by atoms with Crippen LogP contribution < -0.4 is 5.32 Å². The van der Waals surface area contributed by atoms with Gasteiger partial charge in [-0.3, -0.25) is 9.79 Å². The zero-order valence-corrected chi connectivity index (χ0v) is 17.5. The SMILES string of the molecule is CN=Cc1c(C)cccc1C(=O)NCc1cn2cc(-c3cccc(Cl)c3)ccc2n1. The minimum Gasteiger partial charge on any atom is -0.346 e. The second-order valence-electron chi connectivity index (χ2n) is 7.03. The van der Waals surface area contributed by atoms with Crippen LogP contribution in [0.4, 0.5) is 0 Å². The largest absolute Gasteiger partial charge is 0.346 e. The summed E-state index contributed by atoms with van der Waals surface area (Å²) in [6, 6.07) is 17.3. The third kappa shape index (κ3) is 4.11. The van der Waals surface area contributed by atoms with Gasteiger partial charge in [0.2, 0.25) is 0 Å². The molecular formula is C24H21ClN4O. The first-order valence-electron chi connectivity index (χ1n) is 9.58. The summed E-state index contributed by atoms with van der Waals surface area (Å²) in [5.41, 5.74) is 6.13. The molecule has 0 unspecified atom stereocenters. The summed E-state index contributed by atoms with van der Waals surface area (Å²) in [4.78, 5) is 21.4. The van der Waals surface area contributed by atoms with E-state index in [4.69, 9.17) is 11.6 Å². The van der Waals surface area contributed by atoms with Gasteiger partial charge in [-0.1, -0.05) is 35.9 Å². The van der Waals surface area contributed by atoms with Gasteiger partial charge in [-0.25, -0.2) is 4.98 Å². The summed E-state index contributed by atoms with van der Waals surface area (Å²) in [5.74, 6) is -0.148. The van der Waals surface area contributed by atoms with E-state index in [1.807, 2.05) is 72.2 Å². The number of imidazole rings is 1. The van der Waals surface area contributed by atoms with Crippen molar-refractivity contribution in [1.29, 1.82) is 0 Å². The highest BCUT2D eigenvalue weighted by Gasteiger charge is 2.12. The van der Waals surface area contributed by atoms with Gasteiger partial charge in [-0.15, -0.1) is 0 Å². The highest BCUT2D eigenvalue weighted by Crippen LogP contribution is 2.23. The van der Waals surface area contributed by atoms with E-state index < -0.39 is 0 Å². The first kappa shape index (κ1) is 19.9. The van der Waals surface area contributed by atoms with Gasteiger partial charge in [0.15, 0.2) is 0 Å². The van der Waals surface area contributed by atoms with Gasteiger partial charge in [0, 0.05) is 41.8 Å². The molecule has 4 rings (SSSR count). The van der Waals surface area contributed by atoms with Gasteiger partial charge < -0.3 is 9.72 Å². The summed E-state index contributed by atoms with van der Waals surface area (Å²) in [6.45, 7) is 2.30. The Balaban J connectivity index is 1.54. The molecule has 0 aliphatic carbocycles. The Bertz CT molecular complexity index is 1260. The van der Waals surface area contributed by atoms with Crippen LogP contribution in [0.25, 0.3) is 16.8 Å². The Labute approximate surface area is 180 Å². The molecule has 2 aromatic carbocycles. The van der Waals surface area contributed by atoms with Crippen LogP contribution in [0.2, 0.25) is 5.02 Å². The number of amides is 1. The number of benzene rings is 2. The van der Waals surface area contributed by atoms with Crippen LogP contribution in [0.5, 0.6) is 0 Å². The fraction of sp³-hybridized carbons (Fsp3) is 0.125. The Morgan fingerprint density at radius 1 is 1.13 bits per heavy atom. The maximum absolute atomic E-state index is 12.7. The molecule has 0 spiro atoms. The molecule has 1 amide bonds. The third-order valence-corrected chi connectivity index (χ3v) is 5.15. The van der Waals surface area contributed by atoms with E-state index in [2.05, 4.69) is 15.3 Å². The average molecular weight is 417 g/mol. The van der Waals surface area contributed by atoms with Crippen LogP contribution in [0.15, 0.2) is 72.0 Å². The summed E-state index contributed by atoms with van der Waals surface area (Å²) < 4.78 is 1.96. The topological polar surface area (TPSA) is 58.8 Å². The maximum atomic E-state index is 12.7. The number of aryl methyl sites for hydroxylation is 1. The monoisotopic (exact) mass is 416 g/mol. The summed E-state index contributed by atoms with van der Waals surface area (Å²) in [5, 5.41) is 3.66. The lowest BCUT2D eigenvalue weighted by Gasteiger charge is -2.08. The second kappa shape index (κ2) is 8.51. The fourth-order valence-corrected chi connectivity index (χ4v) is 3.60. The predicted octanol–water partition coefficient (Wildman–Crippen LogP) is 4.94. The zero-order valence-electron chi connectivity index (χ0n) is 16.8. The smallest absolute Gasteiger partial charge is 0.252 e. The van der Waals surface area contributed by atoms with Crippen molar-refractivity contribution in [2.45, 2.75) is 13.5 Å². The molecule has 0 saturated carbocycles. The van der Waals surface area contributed by atoms with E-state index >= 15 is 0 Å². The summed E-state index contributed by atoms with van der Waals surface area (Å²) in [6.07, 6.45) is 5.65. The molecule has 0 atom stereocenters. The summed E-state index contributed by atoms with van der Waals surface area (Å²) >= 11 is 6.11. The molecular weight excluding hydrogens is 396 g/mol. The van der Waals surface area contributed by atoms with Crippen LogP contribution >= 0.6 is 11.6 Å². The van der Waals surface area contributed by atoms with Crippen molar-refractivity contribution >= 4 is 29.4 Å². The minimum absolute atomic E-state index is 0.148. The molecule has 5 nitrogen and oxygen atoms in total. The molecule has 6 heteroatoms. The van der Waals surface area contributed by atoms with Gasteiger partial charge in [-0.2, -0.15) is 0 Å². The number of nitrogens with zero attached hydrogens (tertiary/aromatic N) is 3. The van der Waals surface area contributed by atoms with Crippen LogP contribution in [0.3, 0.4) is 0 Å². The van der Waals surface area contributed by atoms with E-state index in [1.54, 1.807) is 19.3 Å². The van der Waals surface area contributed by atoms with E-state index in [-0.39, 0.29) is 5.91 Å². The van der Waals surface area contributed by atoms with Crippen molar-refractivity contribution < 1.29 is 4.79 Å². The Hall–Kier alpha value is -3.44. The number of rotatable bonds is 5. The quantitative estimate of drug-likeness (QED) is 0.468. The molecule has 0 aliphatic rings. The number of fused-ring (bicyclic) bond motifs is 1. The molecule has 0 aliphatic heterocycles. The van der Waals surface area contributed by atoms with E-state index in [0.29, 0.717) is 17.1 Å². The van der Waals surface area contributed by atoms with Gasteiger partial charge in [0.1, 0.15) is 5.65 Å². The van der Waals surface area contributed by atoms with Crippen molar-refractivity contribution in [2.75, 3.05) is 7.05 Å². The molecule has 0 saturated heterocycles. The van der Waals surface area contributed by atoms with Crippen molar-refractivity contribution in [3.8, 4) is 11.1 Å². The molecule has 30 heavy (non-hydrogen) atoms. The number of pyridine rings is 1. The Kier molecular flexibility index (Phi) is 5.63. The standard InChI is InChI=1S/C24H21ClN4O/c1-16-5-3-8-21(22(16)13-26-2)24(30)27-12-20-15-29-14-18(9-10-23(29)28-20)17-6-4-7-19(25)11-17/h3-11,13-15H,12H2,1-2H3,(H,27,30). The molecule has 4 aromatic rings. The number of carbonyl (C=O) groups is 1. The zero-order chi connectivity index (χ0) is 21.1. The predicted molar refractivity (Wildman–Crippen MR) is 122 cm³/mol. The molecule has 0 radical (unpaired) electrons. The lowest BCUT2D eigenvalue weighted by atomic mass is 10.0. The molecule has 0 fully saturated rings. The number of hydrogen-bond acceptors (Lipinski definition) is 3. The van der Waals surface area contributed by atoms with Crippen LogP contribution in [0.1, 0.15) is 27.2 Å². The van der Waals surface area contributed by atoms with Crippen molar-refractivity contribution in [3.63, 3.8) is 0 Å². The number of carbonyl (C=O) groups excluding carboxylic acids is 1. The van der Waals surface area contributed by atoms with Gasteiger partial charge in [0.25, 0.3) is 5.91 Å². The van der Waals surface area contributed by atoms with Crippen LogP contribution in [-0.4, -0.2) is 28.6 Å². The first-order chi connectivity index (χ1) is 14.5. The Morgan fingerprint density at radius 2 is 1.97 bits per heavy atom. The van der Waals surface area contributed by atoms with E-state index in [0.717, 1.165) is 33.6 Å². The lowest BCUT2D eigenvalue weighted by molar-refractivity contribution is 0.0950. The molecule has 2 heterocycles. The number of halogens is 1. The minimum atomic E-state index is -0.148. The molecule has 150 valence electrons. The maximum Gasteiger partial charge on any atom is 0.252 e. The highest BCUT2D eigenvalue weighted by atomic mass is 35.5. The number of aromatic nitrogens is 2. The number of nitrogens with one attached hydrogen (secondary N) is 1. The van der Waals surface area contributed by atoms with Crippen LogP contribution in [-0.2, 0) is 6.54 Å². The number of hydrogen-bond donors (Lipinski definition) is 1. The van der Waals surface area contributed by atoms with Gasteiger partial charge >= 0.3 is 0 Å². The average Bonchev–Trinajstić information content (AvgIpc) is 3.16. The van der Waals surface area contributed by atoms with Crippen molar-refractivity contribution in [3.05, 3.63) is 94.4 Å².